The van der Waals surface area contributed by atoms with Crippen LogP contribution in [0.3, 0.4) is 0 Å². The molecule has 1 aliphatic heterocycles. The highest BCUT2D eigenvalue weighted by atomic mass is 79.9. The Morgan fingerprint density at radius 3 is 2.64 bits per heavy atom. The van der Waals surface area contributed by atoms with Crippen LogP contribution >= 0.6 is 28.3 Å². The van der Waals surface area contributed by atoms with E-state index < -0.39 is 0 Å². The predicted molar refractivity (Wildman–Crippen MR) is 98.4 cm³/mol. The lowest BCUT2D eigenvalue weighted by atomic mass is 10.1. The number of rotatable bonds is 2. The molecule has 22 heavy (non-hydrogen) atoms. The largest absolute Gasteiger partial charge is 0.378 e. The number of ether oxygens (including phenoxy) is 1. The van der Waals surface area contributed by atoms with Gasteiger partial charge in [0.25, 0.3) is 0 Å². The fourth-order valence-corrected chi connectivity index (χ4v) is 3.46. The molecule has 1 saturated heterocycles. The summed E-state index contributed by atoms with van der Waals surface area (Å²) in [5.41, 5.74) is 3.39. The second-order valence-corrected chi connectivity index (χ2v) is 6.07. The highest BCUT2D eigenvalue weighted by molar-refractivity contribution is 8.93. The van der Waals surface area contributed by atoms with Crippen LogP contribution < -0.4 is 4.90 Å². The number of pyridine rings is 1. The van der Waals surface area contributed by atoms with Gasteiger partial charge in [-0.05, 0) is 23.6 Å². The Hall–Kier alpha value is -1.43. The van der Waals surface area contributed by atoms with Gasteiger partial charge < -0.3 is 9.64 Å². The van der Waals surface area contributed by atoms with Crippen molar-refractivity contribution in [2.75, 3.05) is 31.2 Å². The number of benzene rings is 1. The molecule has 1 fully saturated rings. The van der Waals surface area contributed by atoms with Crippen molar-refractivity contribution in [2.45, 2.75) is 0 Å². The number of anilines is 1. The zero-order valence-electron chi connectivity index (χ0n) is 12.1. The van der Waals surface area contributed by atoms with Gasteiger partial charge in [-0.25, -0.2) is 4.98 Å². The molecule has 0 bridgehead atoms. The summed E-state index contributed by atoms with van der Waals surface area (Å²) in [4.78, 5) is 8.45. The van der Waals surface area contributed by atoms with Crippen LogP contribution in [0, 0.1) is 0 Å². The summed E-state index contributed by atoms with van der Waals surface area (Å²) in [7, 11) is 0. The first kappa shape index (κ1) is 15.5. The number of hydrogen-bond acceptors (Lipinski definition) is 4. The quantitative estimate of drug-likeness (QED) is 0.663. The standard InChI is InChI=1S/C17H16N2OS.BrH/c1-2-5-14-13(4-1)16(19-7-9-20-10-8-19)12-15(18-14)17-6-3-11-21-17;/h1-6,11-12H,7-10H2;1H. The number of nitrogens with zero attached hydrogens (tertiary/aromatic N) is 2. The number of halogens is 1. The summed E-state index contributed by atoms with van der Waals surface area (Å²) in [6.07, 6.45) is 0. The van der Waals surface area contributed by atoms with Crippen molar-refractivity contribution >= 4 is 44.9 Å². The lowest BCUT2D eigenvalue weighted by molar-refractivity contribution is 0.123. The molecule has 5 heteroatoms. The third-order valence-corrected chi connectivity index (χ3v) is 4.71. The van der Waals surface area contributed by atoms with Crippen LogP contribution in [0.15, 0.2) is 47.8 Å². The molecule has 0 atom stereocenters. The highest BCUT2D eigenvalue weighted by Crippen LogP contribution is 2.32. The molecule has 0 spiro atoms. The monoisotopic (exact) mass is 376 g/mol. The normalized spacial score (nSPS) is 14.8. The molecule has 4 rings (SSSR count). The average molecular weight is 377 g/mol. The van der Waals surface area contributed by atoms with Crippen LogP contribution in [-0.4, -0.2) is 31.3 Å². The maximum atomic E-state index is 5.48. The van der Waals surface area contributed by atoms with Crippen LogP contribution in [0.1, 0.15) is 0 Å². The molecule has 0 aliphatic carbocycles. The topological polar surface area (TPSA) is 25.4 Å². The van der Waals surface area contributed by atoms with E-state index in [2.05, 4.69) is 52.7 Å². The van der Waals surface area contributed by atoms with Crippen LogP contribution in [0.2, 0.25) is 0 Å². The Kier molecular flexibility index (Phi) is 4.76. The minimum absolute atomic E-state index is 0. The van der Waals surface area contributed by atoms with Gasteiger partial charge in [0.15, 0.2) is 0 Å². The molecule has 3 aromatic rings. The van der Waals surface area contributed by atoms with Gasteiger partial charge in [0.1, 0.15) is 0 Å². The minimum Gasteiger partial charge on any atom is -0.378 e. The third-order valence-electron chi connectivity index (χ3n) is 3.82. The van der Waals surface area contributed by atoms with Crippen molar-refractivity contribution in [1.82, 2.24) is 4.98 Å². The molecular weight excluding hydrogens is 360 g/mol. The van der Waals surface area contributed by atoms with E-state index in [0.717, 1.165) is 37.5 Å². The van der Waals surface area contributed by atoms with Crippen molar-refractivity contribution in [1.29, 1.82) is 0 Å². The first-order valence-corrected chi connectivity index (χ1v) is 8.06. The SMILES string of the molecule is Br.c1csc(-c2cc(N3CCOCC3)c3ccccc3n2)c1. The zero-order valence-corrected chi connectivity index (χ0v) is 14.6. The van der Waals surface area contributed by atoms with Crippen LogP contribution in [-0.2, 0) is 4.74 Å². The molecule has 0 radical (unpaired) electrons. The maximum Gasteiger partial charge on any atom is 0.0830 e. The molecule has 0 N–H and O–H groups in total. The summed E-state index contributed by atoms with van der Waals surface area (Å²) in [6, 6.07) is 14.8. The molecule has 0 saturated carbocycles. The average Bonchev–Trinajstić information content (AvgIpc) is 3.09. The second kappa shape index (κ2) is 6.77. The summed E-state index contributed by atoms with van der Waals surface area (Å²) in [5.74, 6) is 0. The Morgan fingerprint density at radius 2 is 1.86 bits per heavy atom. The number of thiophene rings is 1. The molecule has 114 valence electrons. The number of fused-ring (bicyclic) bond motifs is 1. The van der Waals surface area contributed by atoms with Crippen LogP contribution in [0.4, 0.5) is 5.69 Å². The molecule has 2 aromatic heterocycles. The van der Waals surface area contributed by atoms with E-state index in [1.807, 2.05) is 0 Å². The highest BCUT2D eigenvalue weighted by Gasteiger charge is 2.16. The fraction of sp³-hybridized carbons (Fsp3) is 0.235. The lowest BCUT2D eigenvalue weighted by Crippen LogP contribution is -2.36. The minimum atomic E-state index is 0. The van der Waals surface area contributed by atoms with Gasteiger partial charge in [-0.2, -0.15) is 0 Å². The predicted octanol–water partition coefficient (Wildman–Crippen LogP) is 4.38. The van der Waals surface area contributed by atoms with Crippen molar-refractivity contribution < 1.29 is 4.74 Å². The lowest BCUT2D eigenvalue weighted by Gasteiger charge is -2.30. The zero-order chi connectivity index (χ0) is 14.1. The second-order valence-electron chi connectivity index (χ2n) is 5.12. The van der Waals surface area contributed by atoms with Crippen molar-refractivity contribution in [3.63, 3.8) is 0 Å². The van der Waals surface area contributed by atoms with Crippen molar-refractivity contribution in [2.24, 2.45) is 0 Å². The van der Waals surface area contributed by atoms with E-state index in [-0.39, 0.29) is 17.0 Å². The van der Waals surface area contributed by atoms with E-state index in [1.165, 1.54) is 16.0 Å². The van der Waals surface area contributed by atoms with Gasteiger partial charge >= 0.3 is 0 Å². The Balaban J connectivity index is 0.00000144. The molecule has 0 amide bonds. The first-order valence-electron chi connectivity index (χ1n) is 7.18. The third kappa shape index (κ3) is 2.89. The van der Waals surface area contributed by atoms with Crippen molar-refractivity contribution in [3.05, 3.63) is 47.8 Å². The van der Waals surface area contributed by atoms with Gasteiger partial charge in [-0.1, -0.05) is 24.3 Å². The smallest absolute Gasteiger partial charge is 0.0830 e. The molecular formula is C17H17BrN2OS. The Morgan fingerprint density at radius 1 is 1.05 bits per heavy atom. The number of hydrogen-bond donors (Lipinski definition) is 0. The van der Waals surface area contributed by atoms with Crippen molar-refractivity contribution in [3.8, 4) is 10.6 Å². The molecule has 1 aromatic carbocycles. The Bertz CT molecular complexity index is 754. The van der Waals surface area contributed by atoms with Gasteiger partial charge in [0, 0.05) is 24.2 Å². The van der Waals surface area contributed by atoms with Crippen LogP contribution in [0.25, 0.3) is 21.5 Å². The number of aromatic nitrogens is 1. The number of morpholine rings is 1. The molecule has 0 unspecified atom stereocenters. The van der Waals surface area contributed by atoms with E-state index in [1.54, 1.807) is 11.3 Å². The number of para-hydroxylation sites is 1. The van der Waals surface area contributed by atoms with E-state index in [0.29, 0.717) is 0 Å². The van der Waals surface area contributed by atoms with E-state index >= 15 is 0 Å². The van der Waals surface area contributed by atoms with E-state index in [4.69, 9.17) is 9.72 Å². The summed E-state index contributed by atoms with van der Waals surface area (Å²) >= 11 is 1.73. The molecule has 3 heterocycles. The Labute approximate surface area is 144 Å². The van der Waals surface area contributed by atoms with Crippen LogP contribution in [0.5, 0.6) is 0 Å². The molecule has 1 aliphatic rings. The van der Waals surface area contributed by atoms with Gasteiger partial charge in [-0.3, -0.25) is 0 Å². The van der Waals surface area contributed by atoms with Gasteiger partial charge in [0.2, 0.25) is 0 Å². The fourth-order valence-electron chi connectivity index (χ4n) is 2.77. The first-order chi connectivity index (χ1) is 10.4. The maximum absolute atomic E-state index is 5.48. The molecule has 3 nitrogen and oxygen atoms in total. The van der Waals surface area contributed by atoms with Gasteiger partial charge in [0.05, 0.1) is 29.3 Å². The summed E-state index contributed by atoms with van der Waals surface area (Å²) in [6.45, 7) is 3.48. The summed E-state index contributed by atoms with van der Waals surface area (Å²) in [5, 5.41) is 3.32. The van der Waals surface area contributed by atoms with Gasteiger partial charge in [-0.15, -0.1) is 28.3 Å². The summed E-state index contributed by atoms with van der Waals surface area (Å²) < 4.78 is 5.48. The van der Waals surface area contributed by atoms with E-state index in [9.17, 15) is 0 Å².